The standard InChI is InChI=1S/C26H34BrN11O2/c27-15-3-1-2-14(6-15)23(40)33-21-5-4-20(9-22(21)39)32-24-34-25(37-10-16(28)7-17(29)11-37)36-26(35-24)38-12-18(30)8-19(31)13-38/h1-6,9,16-19,39H,7-8,10-13,28-31H2,(H,33,40)(H,32,34,35,36)/t16-,17+,18-,19+. The second-order valence-electron chi connectivity index (χ2n) is 10.4. The largest absolute Gasteiger partial charge is 0.506 e. The number of carbonyl (C=O) groups is 1. The number of phenols is 1. The van der Waals surface area contributed by atoms with Crippen LogP contribution in [-0.2, 0) is 0 Å². The minimum absolute atomic E-state index is 0.103. The third kappa shape index (κ3) is 6.77. The Morgan fingerprint density at radius 3 is 1.95 bits per heavy atom. The lowest BCUT2D eigenvalue weighted by molar-refractivity contribution is 0.102. The molecule has 3 aromatic rings. The number of hydrogen-bond acceptors (Lipinski definition) is 12. The summed E-state index contributed by atoms with van der Waals surface area (Å²) < 4.78 is 0.780. The van der Waals surface area contributed by atoms with E-state index < -0.39 is 0 Å². The Morgan fingerprint density at radius 2 is 1.43 bits per heavy atom. The van der Waals surface area contributed by atoms with Crippen molar-refractivity contribution in [2.45, 2.75) is 37.0 Å². The van der Waals surface area contributed by atoms with Crippen molar-refractivity contribution in [1.82, 2.24) is 15.0 Å². The average molecular weight is 613 g/mol. The van der Waals surface area contributed by atoms with Crippen LogP contribution >= 0.6 is 15.9 Å². The first-order valence-electron chi connectivity index (χ1n) is 13.1. The lowest BCUT2D eigenvalue weighted by Crippen LogP contribution is -2.54. The number of nitrogens with one attached hydrogen (secondary N) is 2. The van der Waals surface area contributed by atoms with Crippen LogP contribution in [0, 0.1) is 0 Å². The highest BCUT2D eigenvalue weighted by Gasteiger charge is 2.29. The van der Waals surface area contributed by atoms with E-state index in [0.717, 1.165) is 17.3 Å². The van der Waals surface area contributed by atoms with Gasteiger partial charge in [-0.25, -0.2) is 0 Å². The van der Waals surface area contributed by atoms with Gasteiger partial charge in [0.25, 0.3) is 5.91 Å². The van der Waals surface area contributed by atoms with Crippen LogP contribution in [0.2, 0.25) is 0 Å². The molecule has 212 valence electrons. The molecule has 4 atom stereocenters. The zero-order chi connectivity index (χ0) is 28.4. The maximum Gasteiger partial charge on any atom is 0.255 e. The number of amides is 1. The van der Waals surface area contributed by atoms with Crippen LogP contribution in [0.25, 0.3) is 0 Å². The van der Waals surface area contributed by atoms with Gasteiger partial charge in [0.15, 0.2) is 0 Å². The molecule has 1 amide bonds. The second kappa shape index (κ2) is 11.9. The number of aromatic nitrogens is 3. The molecule has 0 saturated carbocycles. The van der Waals surface area contributed by atoms with Gasteiger partial charge in [0, 0.05) is 72.1 Å². The average Bonchev–Trinajstić information content (AvgIpc) is 2.89. The van der Waals surface area contributed by atoms with Crippen LogP contribution in [0.5, 0.6) is 5.75 Å². The molecule has 2 fully saturated rings. The number of hydrogen-bond donors (Lipinski definition) is 7. The molecule has 14 heteroatoms. The Labute approximate surface area is 240 Å². The summed E-state index contributed by atoms with van der Waals surface area (Å²) in [6, 6.07) is 11.4. The van der Waals surface area contributed by atoms with Crippen LogP contribution in [0.4, 0.5) is 29.2 Å². The Hall–Kier alpha value is -3.56. The SMILES string of the molecule is N[C@@H]1C[C@H](N)CN(c2nc(Nc3ccc(NC(=O)c4cccc(Br)c4)c(O)c3)nc(N3C[C@H](N)C[C@H](N)C3)n2)C1. The number of phenolic OH excluding ortho intramolecular Hbond substituents is 1. The summed E-state index contributed by atoms with van der Waals surface area (Å²) in [4.78, 5) is 30.5. The van der Waals surface area contributed by atoms with Crippen LogP contribution in [-0.4, -0.2) is 76.3 Å². The lowest BCUT2D eigenvalue weighted by atomic mass is 10.0. The Bertz CT molecular complexity index is 1310. The van der Waals surface area contributed by atoms with Gasteiger partial charge in [-0.15, -0.1) is 0 Å². The fourth-order valence-electron chi connectivity index (χ4n) is 5.04. The van der Waals surface area contributed by atoms with E-state index in [0.29, 0.717) is 49.3 Å². The van der Waals surface area contributed by atoms with Gasteiger partial charge in [0.05, 0.1) is 5.69 Å². The van der Waals surface area contributed by atoms with Gasteiger partial charge in [0.1, 0.15) is 5.75 Å². The van der Waals surface area contributed by atoms with Gasteiger partial charge >= 0.3 is 0 Å². The molecular weight excluding hydrogens is 578 g/mol. The molecule has 0 aliphatic carbocycles. The minimum atomic E-state index is -0.347. The van der Waals surface area contributed by atoms with E-state index in [2.05, 4.69) is 36.5 Å². The number of benzene rings is 2. The second-order valence-corrected chi connectivity index (χ2v) is 11.3. The Kier molecular flexibility index (Phi) is 8.32. The molecule has 1 aromatic heterocycles. The van der Waals surface area contributed by atoms with Crippen molar-refractivity contribution in [3.8, 4) is 5.75 Å². The summed E-state index contributed by atoms with van der Waals surface area (Å²) in [5, 5.41) is 16.5. The highest BCUT2D eigenvalue weighted by Crippen LogP contribution is 2.30. The van der Waals surface area contributed by atoms with Gasteiger partial charge in [-0.1, -0.05) is 22.0 Å². The van der Waals surface area contributed by atoms with Gasteiger partial charge < -0.3 is 48.5 Å². The minimum Gasteiger partial charge on any atom is -0.506 e. The third-order valence-electron chi connectivity index (χ3n) is 6.80. The number of anilines is 5. The van der Waals surface area contributed by atoms with E-state index in [1.807, 2.05) is 15.9 Å². The van der Waals surface area contributed by atoms with Crippen molar-refractivity contribution >= 4 is 51.1 Å². The summed E-state index contributed by atoms with van der Waals surface area (Å²) in [6.07, 6.45) is 1.44. The van der Waals surface area contributed by atoms with Crippen LogP contribution < -0.4 is 43.4 Å². The predicted molar refractivity (Wildman–Crippen MR) is 159 cm³/mol. The van der Waals surface area contributed by atoms with Gasteiger partial charge in [-0.3, -0.25) is 4.79 Å². The fraction of sp³-hybridized carbons (Fsp3) is 0.385. The highest BCUT2D eigenvalue weighted by molar-refractivity contribution is 9.10. The van der Waals surface area contributed by atoms with Crippen molar-refractivity contribution in [1.29, 1.82) is 0 Å². The van der Waals surface area contributed by atoms with E-state index in [4.69, 9.17) is 27.9 Å². The molecule has 2 aromatic carbocycles. The first-order chi connectivity index (χ1) is 19.1. The summed E-state index contributed by atoms with van der Waals surface area (Å²) in [5.41, 5.74) is 26.2. The molecule has 2 aliphatic rings. The summed E-state index contributed by atoms with van der Waals surface area (Å²) in [6.45, 7) is 2.23. The summed E-state index contributed by atoms with van der Waals surface area (Å²) in [7, 11) is 0. The van der Waals surface area contributed by atoms with Crippen molar-refractivity contribution in [2.75, 3.05) is 46.6 Å². The molecular formula is C26H34BrN11O2. The maximum atomic E-state index is 12.6. The van der Waals surface area contributed by atoms with Gasteiger partial charge in [-0.05, 0) is 43.2 Å². The van der Waals surface area contributed by atoms with Crippen LogP contribution in [0.1, 0.15) is 23.2 Å². The smallest absolute Gasteiger partial charge is 0.255 e. The normalized spacial score (nSPS) is 23.1. The highest BCUT2D eigenvalue weighted by atomic mass is 79.9. The topological polar surface area (TPSA) is 211 Å². The maximum absolute atomic E-state index is 12.6. The van der Waals surface area contributed by atoms with Crippen molar-refractivity contribution < 1.29 is 9.90 Å². The number of nitrogens with two attached hydrogens (primary N) is 4. The number of carbonyl (C=O) groups excluding carboxylic acids is 1. The number of nitrogens with zero attached hydrogens (tertiary/aromatic N) is 5. The van der Waals surface area contributed by atoms with Crippen molar-refractivity contribution in [3.63, 3.8) is 0 Å². The van der Waals surface area contributed by atoms with Gasteiger partial charge in [0.2, 0.25) is 17.8 Å². The molecule has 0 spiro atoms. The molecule has 2 saturated heterocycles. The number of halogens is 1. The van der Waals surface area contributed by atoms with Crippen molar-refractivity contribution in [3.05, 3.63) is 52.5 Å². The predicted octanol–water partition coefficient (Wildman–Crippen LogP) is 1.06. The molecule has 13 nitrogen and oxygen atoms in total. The van der Waals surface area contributed by atoms with E-state index in [1.54, 1.807) is 30.3 Å². The zero-order valence-electron chi connectivity index (χ0n) is 21.9. The van der Waals surface area contributed by atoms with Crippen LogP contribution in [0.15, 0.2) is 46.9 Å². The van der Waals surface area contributed by atoms with E-state index in [1.165, 1.54) is 6.07 Å². The first kappa shape index (κ1) is 28.0. The van der Waals surface area contributed by atoms with Crippen molar-refractivity contribution in [2.24, 2.45) is 22.9 Å². The Balaban J connectivity index is 1.39. The Morgan fingerprint density at radius 1 is 0.850 bits per heavy atom. The zero-order valence-corrected chi connectivity index (χ0v) is 23.5. The molecule has 0 unspecified atom stereocenters. The molecule has 0 bridgehead atoms. The van der Waals surface area contributed by atoms with E-state index >= 15 is 0 Å². The molecule has 3 heterocycles. The number of piperidine rings is 2. The summed E-state index contributed by atoms with van der Waals surface area (Å²) >= 11 is 3.36. The van der Waals surface area contributed by atoms with E-state index in [-0.39, 0.29) is 47.5 Å². The van der Waals surface area contributed by atoms with Gasteiger partial charge in [-0.2, -0.15) is 15.0 Å². The monoisotopic (exact) mass is 611 g/mol. The fourth-order valence-corrected chi connectivity index (χ4v) is 5.44. The first-order valence-corrected chi connectivity index (χ1v) is 13.9. The molecule has 2 aliphatic heterocycles. The molecule has 5 rings (SSSR count). The lowest BCUT2D eigenvalue weighted by Gasteiger charge is -2.37. The quantitative estimate of drug-likeness (QED) is 0.195. The summed E-state index contributed by atoms with van der Waals surface area (Å²) in [5.74, 6) is 0.676. The number of aromatic hydroxyl groups is 1. The number of rotatable bonds is 6. The van der Waals surface area contributed by atoms with Crippen LogP contribution in [0.3, 0.4) is 0 Å². The van der Waals surface area contributed by atoms with E-state index in [9.17, 15) is 9.90 Å². The third-order valence-corrected chi connectivity index (χ3v) is 7.29. The molecule has 40 heavy (non-hydrogen) atoms. The molecule has 11 N–H and O–H groups in total. The molecule has 0 radical (unpaired) electrons.